The van der Waals surface area contributed by atoms with Crippen molar-refractivity contribution in [2.75, 3.05) is 26.2 Å². The van der Waals surface area contributed by atoms with E-state index in [1.165, 1.54) is 10.9 Å². The van der Waals surface area contributed by atoms with E-state index in [2.05, 4.69) is 4.98 Å². The van der Waals surface area contributed by atoms with E-state index in [4.69, 9.17) is 16.3 Å². The van der Waals surface area contributed by atoms with E-state index in [0.29, 0.717) is 43.4 Å². The fourth-order valence-corrected chi connectivity index (χ4v) is 3.37. The molecule has 0 spiro atoms. The largest absolute Gasteiger partial charge is 0.502 e. The number of amides is 1. The third kappa shape index (κ3) is 5.52. The molecule has 0 bridgehead atoms. The van der Waals surface area contributed by atoms with Gasteiger partial charge < -0.3 is 14.7 Å². The zero-order valence-corrected chi connectivity index (χ0v) is 18.2. The van der Waals surface area contributed by atoms with Crippen LogP contribution in [0.3, 0.4) is 0 Å². The normalized spacial score (nSPS) is 15.3. The van der Waals surface area contributed by atoms with Crippen LogP contribution in [-0.4, -0.2) is 62.3 Å². The average Bonchev–Trinajstić information content (AvgIpc) is 2.68. The molecule has 1 aliphatic rings. The fraction of sp³-hybridized carbons (Fsp3) is 0.476. The molecule has 0 radical (unpaired) electrons. The molecule has 0 unspecified atom stereocenters. The maximum atomic E-state index is 12.6. The Morgan fingerprint density at radius 3 is 2.47 bits per heavy atom. The first-order valence-electron chi connectivity index (χ1n) is 9.85. The Morgan fingerprint density at radius 2 is 1.83 bits per heavy atom. The molecular formula is C21H27ClN4O4. The zero-order valence-electron chi connectivity index (χ0n) is 17.5. The molecule has 1 saturated heterocycles. The highest BCUT2D eigenvalue weighted by atomic mass is 35.5. The van der Waals surface area contributed by atoms with Crippen LogP contribution < -0.4 is 5.56 Å². The molecule has 8 nitrogen and oxygen atoms in total. The Bertz CT molecular complexity index is 962. The molecule has 162 valence electrons. The Balaban J connectivity index is 1.62. The van der Waals surface area contributed by atoms with E-state index < -0.39 is 11.2 Å². The van der Waals surface area contributed by atoms with Crippen molar-refractivity contribution in [1.82, 2.24) is 19.4 Å². The van der Waals surface area contributed by atoms with Crippen molar-refractivity contribution >= 4 is 17.7 Å². The third-order valence-electron chi connectivity index (χ3n) is 4.79. The number of hydrogen-bond acceptors (Lipinski definition) is 6. The molecule has 1 aromatic heterocycles. The van der Waals surface area contributed by atoms with Crippen LogP contribution in [-0.2, 0) is 17.8 Å². The van der Waals surface area contributed by atoms with Gasteiger partial charge in [-0.15, -0.1) is 0 Å². The van der Waals surface area contributed by atoms with Crippen molar-refractivity contribution in [2.45, 2.75) is 39.5 Å². The van der Waals surface area contributed by atoms with Gasteiger partial charge in [0.15, 0.2) is 0 Å². The zero-order chi connectivity index (χ0) is 21.9. The second-order valence-corrected chi connectivity index (χ2v) is 8.72. The molecule has 9 heteroatoms. The molecule has 2 aromatic rings. The molecule has 1 fully saturated rings. The van der Waals surface area contributed by atoms with Crippen LogP contribution in [0.4, 0.5) is 4.79 Å². The summed E-state index contributed by atoms with van der Waals surface area (Å²) in [5, 5.41) is 10.9. The van der Waals surface area contributed by atoms with Gasteiger partial charge in [-0.25, -0.2) is 9.78 Å². The highest BCUT2D eigenvalue weighted by molar-refractivity contribution is 6.31. The minimum absolute atomic E-state index is 0.230. The van der Waals surface area contributed by atoms with Gasteiger partial charge in [-0.3, -0.25) is 14.3 Å². The van der Waals surface area contributed by atoms with Gasteiger partial charge in [0, 0.05) is 37.7 Å². The van der Waals surface area contributed by atoms with Crippen molar-refractivity contribution in [3.8, 4) is 5.75 Å². The lowest BCUT2D eigenvalue weighted by atomic mass is 10.2. The second kappa shape index (κ2) is 9.06. The number of halogens is 1. The maximum Gasteiger partial charge on any atom is 0.410 e. The summed E-state index contributed by atoms with van der Waals surface area (Å²) in [4.78, 5) is 32.7. The Hall–Kier alpha value is -2.58. The lowest BCUT2D eigenvalue weighted by Gasteiger charge is -2.35. The lowest BCUT2D eigenvalue weighted by molar-refractivity contribution is 0.0137. The first-order valence-corrected chi connectivity index (χ1v) is 10.2. The summed E-state index contributed by atoms with van der Waals surface area (Å²) in [6, 6.07) is 7.23. The topological polar surface area (TPSA) is 87.9 Å². The Labute approximate surface area is 180 Å². The van der Waals surface area contributed by atoms with Crippen LogP contribution in [0.5, 0.6) is 5.75 Å². The monoisotopic (exact) mass is 434 g/mol. The Morgan fingerprint density at radius 1 is 1.17 bits per heavy atom. The summed E-state index contributed by atoms with van der Waals surface area (Å²) in [6.45, 7) is 8.30. The lowest BCUT2D eigenvalue weighted by Crippen LogP contribution is -2.49. The molecule has 0 saturated carbocycles. The van der Waals surface area contributed by atoms with E-state index in [0.717, 1.165) is 5.56 Å². The summed E-state index contributed by atoms with van der Waals surface area (Å²) in [6.07, 6.45) is 1.10. The van der Waals surface area contributed by atoms with Gasteiger partial charge in [-0.1, -0.05) is 29.8 Å². The number of nitrogens with zero attached hydrogens (tertiary/aromatic N) is 4. The van der Waals surface area contributed by atoms with Gasteiger partial charge in [-0.05, 0) is 32.4 Å². The summed E-state index contributed by atoms with van der Waals surface area (Å²) in [7, 11) is 0. The standard InChI is InChI=1S/C21H27ClN4O4/c1-21(2,3)30-20(29)25-10-8-24(9-11-25)13-17-18(27)19(28)26(14-23-17)12-15-6-4-5-7-16(15)22/h4-7,14,27H,8-13H2,1-3H3. The van der Waals surface area contributed by atoms with Gasteiger partial charge in [0.05, 0.1) is 12.9 Å². The van der Waals surface area contributed by atoms with Gasteiger partial charge in [-0.2, -0.15) is 0 Å². The van der Waals surface area contributed by atoms with E-state index in [-0.39, 0.29) is 18.4 Å². The molecule has 2 heterocycles. The van der Waals surface area contributed by atoms with Crippen LogP contribution in [0.1, 0.15) is 32.0 Å². The van der Waals surface area contributed by atoms with Crippen LogP contribution in [0.15, 0.2) is 35.4 Å². The predicted molar refractivity (Wildman–Crippen MR) is 114 cm³/mol. The van der Waals surface area contributed by atoms with Crippen LogP contribution in [0.2, 0.25) is 5.02 Å². The molecule has 1 aliphatic heterocycles. The van der Waals surface area contributed by atoms with Crippen molar-refractivity contribution in [2.24, 2.45) is 0 Å². The van der Waals surface area contributed by atoms with Gasteiger partial charge in [0.1, 0.15) is 11.3 Å². The quantitative estimate of drug-likeness (QED) is 0.796. The molecule has 1 N–H and O–H groups in total. The van der Waals surface area contributed by atoms with Gasteiger partial charge in [0.25, 0.3) is 5.56 Å². The van der Waals surface area contributed by atoms with Gasteiger partial charge in [0.2, 0.25) is 5.75 Å². The maximum absolute atomic E-state index is 12.6. The van der Waals surface area contributed by atoms with Crippen molar-refractivity contribution in [1.29, 1.82) is 0 Å². The number of carbonyl (C=O) groups is 1. The number of aromatic nitrogens is 2. The van der Waals surface area contributed by atoms with Crippen molar-refractivity contribution < 1.29 is 14.6 Å². The van der Waals surface area contributed by atoms with Crippen molar-refractivity contribution in [3.63, 3.8) is 0 Å². The Kier molecular flexibility index (Phi) is 6.67. The van der Waals surface area contributed by atoms with Crippen molar-refractivity contribution in [3.05, 3.63) is 57.2 Å². The first-order chi connectivity index (χ1) is 14.1. The summed E-state index contributed by atoms with van der Waals surface area (Å²) < 4.78 is 6.73. The number of benzene rings is 1. The average molecular weight is 435 g/mol. The number of rotatable bonds is 4. The molecule has 30 heavy (non-hydrogen) atoms. The first kappa shape index (κ1) is 22.1. The third-order valence-corrected chi connectivity index (χ3v) is 5.15. The molecular weight excluding hydrogens is 408 g/mol. The molecule has 0 atom stereocenters. The van der Waals surface area contributed by atoms with Crippen LogP contribution in [0.25, 0.3) is 0 Å². The summed E-state index contributed by atoms with van der Waals surface area (Å²) in [5.41, 5.74) is 0.0552. The molecule has 1 amide bonds. The van der Waals surface area contributed by atoms with E-state index in [1.807, 2.05) is 43.9 Å². The highest BCUT2D eigenvalue weighted by Gasteiger charge is 2.26. The number of carbonyl (C=O) groups excluding carboxylic acids is 1. The van der Waals surface area contributed by atoms with Crippen LogP contribution >= 0.6 is 11.6 Å². The van der Waals surface area contributed by atoms with Gasteiger partial charge >= 0.3 is 6.09 Å². The van der Waals surface area contributed by atoms with E-state index in [9.17, 15) is 14.7 Å². The molecule has 1 aromatic carbocycles. The number of ether oxygens (including phenoxy) is 1. The fourth-order valence-electron chi connectivity index (χ4n) is 3.18. The minimum Gasteiger partial charge on any atom is -0.502 e. The predicted octanol–water partition coefficient (Wildman–Crippen LogP) is 2.70. The number of hydrogen-bond donors (Lipinski definition) is 1. The minimum atomic E-state index is -0.530. The smallest absolute Gasteiger partial charge is 0.410 e. The summed E-state index contributed by atoms with van der Waals surface area (Å²) >= 11 is 6.15. The molecule has 0 aliphatic carbocycles. The molecule has 3 rings (SSSR count). The SMILES string of the molecule is CC(C)(C)OC(=O)N1CCN(Cc2ncn(Cc3ccccc3Cl)c(=O)c2O)CC1. The summed E-state index contributed by atoms with van der Waals surface area (Å²) in [5.74, 6) is -0.362. The van der Waals surface area contributed by atoms with E-state index in [1.54, 1.807) is 11.0 Å². The number of piperazine rings is 1. The second-order valence-electron chi connectivity index (χ2n) is 8.31. The van der Waals surface area contributed by atoms with E-state index >= 15 is 0 Å². The number of aromatic hydroxyl groups is 1. The highest BCUT2D eigenvalue weighted by Crippen LogP contribution is 2.18. The van der Waals surface area contributed by atoms with Crippen LogP contribution in [0, 0.1) is 0 Å².